The van der Waals surface area contributed by atoms with Gasteiger partial charge in [-0.3, -0.25) is 4.79 Å². The van der Waals surface area contributed by atoms with E-state index < -0.39 is 0 Å². The predicted octanol–water partition coefficient (Wildman–Crippen LogP) is 2.38. The van der Waals surface area contributed by atoms with Crippen molar-refractivity contribution in [1.29, 1.82) is 0 Å². The molecule has 3 unspecified atom stereocenters. The molecule has 1 amide bonds. The first kappa shape index (κ1) is 22.2. The van der Waals surface area contributed by atoms with Gasteiger partial charge < -0.3 is 20.6 Å². The van der Waals surface area contributed by atoms with Crippen LogP contribution in [0.2, 0.25) is 5.02 Å². The average molecular weight is 492 g/mol. The van der Waals surface area contributed by atoms with E-state index in [1.165, 1.54) is 6.42 Å². The van der Waals surface area contributed by atoms with Crippen LogP contribution in [0.1, 0.15) is 39.3 Å². The highest BCUT2D eigenvalue weighted by Gasteiger charge is 2.46. The van der Waals surface area contributed by atoms with Crippen molar-refractivity contribution in [3.63, 3.8) is 0 Å². The van der Waals surface area contributed by atoms with Crippen LogP contribution in [0.4, 0.5) is 11.8 Å². The largest absolute Gasteiger partial charge is 0.392 e. The Balaban J connectivity index is 1.23. The predicted molar refractivity (Wildman–Crippen MR) is 131 cm³/mol. The molecular weight excluding hydrogens is 466 g/mol. The standard InChI is InChI=1S/C25H26ClN7O2/c26-21-8-15-7-19(6-14(15)4-18(21)13-34)31-23-20(24(35)29-10-22-27-2-1-3-28-22)9-30-25(32-23)33-11-16-5-17(16)12-33/h1-4,8-9,16-17,19,34H,5-7,10-13H2,(H,29,35)(H,30,31,32). The number of anilines is 2. The summed E-state index contributed by atoms with van der Waals surface area (Å²) in [5.41, 5.74) is 3.41. The number of fused-ring (bicyclic) bond motifs is 2. The van der Waals surface area contributed by atoms with E-state index in [1.54, 1.807) is 24.7 Å². The van der Waals surface area contributed by atoms with E-state index in [-0.39, 0.29) is 25.1 Å². The van der Waals surface area contributed by atoms with Gasteiger partial charge >= 0.3 is 0 Å². The second kappa shape index (κ2) is 9.05. The van der Waals surface area contributed by atoms with Crippen LogP contribution in [0.15, 0.2) is 36.8 Å². The monoisotopic (exact) mass is 491 g/mol. The van der Waals surface area contributed by atoms with Crippen molar-refractivity contribution in [3.8, 4) is 0 Å². The lowest BCUT2D eigenvalue weighted by Gasteiger charge is -2.21. The molecule has 2 aliphatic carbocycles. The number of aromatic nitrogens is 4. The summed E-state index contributed by atoms with van der Waals surface area (Å²) in [7, 11) is 0. The maximum absolute atomic E-state index is 13.1. The molecule has 0 spiro atoms. The van der Waals surface area contributed by atoms with Crippen LogP contribution in [0.5, 0.6) is 0 Å². The molecule has 3 atom stereocenters. The Labute approximate surface area is 208 Å². The summed E-state index contributed by atoms with van der Waals surface area (Å²) in [5.74, 6) is 2.93. The Morgan fingerprint density at radius 1 is 1.11 bits per heavy atom. The summed E-state index contributed by atoms with van der Waals surface area (Å²) in [6.45, 7) is 2.07. The fraction of sp³-hybridized carbons (Fsp3) is 0.400. The lowest BCUT2D eigenvalue weighted by molar-refractivity contribution is 0.0950. The van der Waals surface area contributed by atoms with Gasteiger partial charge in [0.1, 0.15) is 17.2 Å². The summed E-state index contributed by atoms with van der Waals surface area (Å²) >= 11 is 6.31. The van der Waals surface area contributed by atoms with Crippen LogP contribution in [0.3, 0.4) is 0 Å². The molecular formula is C25H26ClN7O2. The fourth-order valence-corrected chi connectivity index (χ4v) is 5.39. The zero-order valence-corrected chi connectivity index (χ0v) is 19.9. The highest BCUT2D eigenvalue weighted by atomic mass is 35.5. The second-order valence-electron chi connectivity index (χ2n) is 9.56. The van der Waals surface area contributed by atoms with Gasteiger partial charge in [-0.1, -0.05) is 17.7 Å². The number of hydrogen-bond donors (Lipinski definition) is 3. The zero-order valence-electron chi connectivity index (χ0n) is 19.1. The Morgan fingerprint density at radius 2 is 1.86 bits per heavy atom. The van der Waals surface area contributed by atoms with E-state index in [4.69, 9.17) is 16.6 Å². The first-order valence-corrected chi connectivity index (χ1v) is 12.3. The zero-order chi connectivity index (χ0) is 23.9. The topological polar surface area (TPSA) is 116 Å². The third-order valence-electron chi connectivity index (χ3n) is 7.12. The summed E-state index contributed by atoms with van der Waals surface area (Å²) < 4.78 is 0. The molecule has 10 heteroatoms. The third kappa shape index (κ3) is 4.53. The number of benzene rings is 1. The number of piperidine rings is 1. The summed E-state index contributed by atoms with van der Waals surface area (Å²) in [6, 6.07) is 5.68. The second-order valence-corrected chi connectivity index (χ2v) is 9.97. The molecule has 3 N–H and O–H groups in total. The van der Waals surface area contributed by atoms with Crippen LogP contribution in [-0.2, 0) is 26.0 Å². The van der Waals surface area contributed by atoms with Crippen molar-refractivity contribution in [1.82, 2.24) is 25.3 Å². The van der Waals surface area contributed by atoms with Crippen LogP contribution >= 0.6 is 11.6 Å². The van der Waals surface area contributed by atoms with Gasteiger partial charge in [0.2, 0.25) is 5.95 Å². The molecule has 180 valence electrons. The molecule has 1 saturated heterocycles. The van der Waals surface area contributed by atoms with E-state index >= 15 is 0 Å². The molecule has 2 aromatic heterocycles. The van der Waals surface area contributed by atoms with Gasteiger partial charge in [-0.05, 0) is 59.9 Å². The number of carbonyl (C=O) groups is 1. The Morgan fingerprint density at radius 3 is 2.60 bits per heavy atom. The Bertz CT molecular complexity index is 1260. The molecule has 3 heterocycles. The molecule has 2 fully saturated rings. The number of nitrogens with zero attached hydrogens (tertiary/aromatic N) is 5. The minimum atomic E-state index is -0.281. The van der Waals surface area contributed by atoms with Gasteiger partial charge in [0, 0.05) is 42.7 Å². The summed E-state index contributed by atoms with van der Waals surface area (Å²) in [5, 5.41) is 16.5. The van der Waals surface area contributed by atoms with Crippen molar-refractivity contribution in [3.05, 3.63) is 69.9 Å². The Hall–Kier alpha value is -3.30. The van der Waals surface area contributed by atoms with E-state index in [0.717, 1.165) is 54.5 Å². The molecule has 1 aliphatic heterocycles. The van der Waals surface area contributed by atoms with Gasteiger partial charge in [0.05, 0.1) is 13.2 Å². The first-order chi connectivity index (χ1) is 17.1. The van der Waals surface area contributed by atoms with Crippen molar-refractivity contribution < 1.29 is 9.90 Å². The number of aliphatic hydroxyl groups excluding tert-OH is 1. The van der Waals surface area contributed by atoms with Crippen LogP contribution in [0.25, 0.3) is 0 Å². The van der Waals surface area contributed by atoms with Gasteiger partial charge in [-0.2, -0.15) is 4.98 Å². The van der Waals surface area contributed by atoms with Crippen LogP contribution < -0.4 is 15.5 Å². The molecule has 1 saturated carbocycles. The maximum Gasteiger partial charge on any atom is 0.256 e. The normalized spacial score (nSPS) is 22.0. The molecule has 3 aromatic rings. The van der Waals surface area contributed by atoms with Crippen LogP contribution in [-0.4, -0.2) is 50.1 Å². The van der Waals surface area contributed by atoms with E-state index in [9.17, 15) is 9.90 Å². The molecule has 1 aromatic carbocycles. The number of hydrogen-bond acceptors (Lipinski definition) is 8. The molecule has 35 heavy (non-hydrogen) atoms. The average Bonchev–Trinajstić information content (AvgIpc) is 3.28. The van der Waals surface area contributed by atoms with Gasteiger partial charge in [0.15, 0.2) is 0 Å². The molecule has 9 nitrogen and oxygen atoms in total. The van der Waals surface area contributed by atoms with Gasteiger partial charge in [-0.25, -0.2) is 15.0 Å². The fourth-order valence-electron chi connectivity index (χ4n) is 5.15. The summed E-state index contributed by atoms with van der Waals surface area (Å²) in [4.78, 5) is 33.0. The minimum Gasteiger partial charge on any atom is -0.392 e. The lowest BCUT2D eigenvalue weighted by Crippen LogP contribution is -2.30. The first-order valence-electron chi connectivity index (χ1n) is 11.9. The van der Waals surface area contributed by atoms with Gasteiger partial charge in [0.25, 0.3) is 5.91 Å². The van der Waals surface area contributed by atoms with E-state index in [1.807, 2.05) is 12.1 Å². The van der Waals surface area contributed by atoms with Crippen molar-refractivity contribution in [2.75, 3.05) is 23.3 Å². The quantitative estimate of drug-likeness (QED) is 0.461. The molecule has 6 rings (SSSR count). The van der Waals surface area contributed by atoms with Crippen LogP contribution in [0, 0.1) is 11.8 Å². The van der Waals surface area contributed by atoms with Crippen molar-refractivity contribution in [2.24, 2.45) is 11.8 Å². The third-order valence-corrected chi connectivity index (χ3v) is 7.47. The highest BCUT2D eigenvalue weighted by molar-refractivity contribution is 6.31. The number of amides is 1. The highest BCUT2D eigenvalue weighted by Crippen LogP contribution is 2.45. The number of carbonyl (C=O) groups excluding carboxylic acids is 1. The number of nitrogens with one attached hydrogen (secondary N) is 2. The summed E-state index contributed by atoms with van der Waals surface area (Å²) in [6.07, 6.45) is 7.71. The van der Waals surface area contributed by atoms with E-state index in [2.05, 4.69) is 30.5 Å². The van der Waals surface area contributed by atoms with Crippen molar-refractivity contribution in [2.45, 2.75) is 38.5 Å². The molecule has 0 bridgehead atoms. The van der Waals surface area contributed by atoms with E-state index in [0.29, 0.717) is 28.2 Å². The minimum absolute atomic E-state index is 0.0498. The molecule has 3 aliphatic rings. The lowest BCUT2D eigenvalue weighted by atomic mass is 10.1. The SMILES string of the molecule is O=C(NCc1ncccn1)c1cnc(N2CC3CC3C2)nc1NC1Cc2cc(Cl)c(CO)cc2C1. The number of rotatable bonds is 7. The Kier molecular flexibility index (Phi) is 5.74. The van der Waals surface area contributed by atoms with Gasteiger partial charge in [-0.15, -0.1) is 0 Å². The number of aliphatic hydroxyl groups is 1. The van der Waals surface area contributed by atoms with Crippen molar-refractivity contribution >= 4 is 29.3 Å². The maximum atomic E-state index is 13.1. The molecule has 0 radical (unpaired) electrons. The number of halogens is 1. The smallest absolute Gasteiger partial charge is 0.256 e.